The van der Waals surface area contributed by atoms with Crippen LogP contribution in [0.25, 0.3) is 0 Å². The Balaban J connectivity index is 2.06. The van der Waals surface area contributed by atoms with Crippen LogP contribution in [0.5, 0.6) is 0 Å². The second kappa shape index (κ2) is 4.00. The van der Waals surface area contributed by atoms with E-state index in [0.29, 0.717) is 5.92 Å². The lowest BCUT2D eigenvalue weighted by Gasteiger charge is -2.05. The van der Waals surface area contributed by atoms with Gasteiger partial charge in [0.05, 0.1) is 0 Å². The highest BCUT2D eigenvalue weighted by Crippen LogP contribution is 2.15. The zero-order valence-electron chi connectivity index (χ0n) is 8.01. The average Bonchev–Trinajstić information content (AvgIpc) is 2.72. The molecular formula is C10H12N4. The first-order chi connectivity index (χ1) is 6.86. The SMILES string of the molecule is CC(Cc1ccccc1)c1nn[nH]n1. The van der Waals surface area contributed by atoms with Crippen molar-refractivity contribution >= 4 is 0 Å². The molecule has 0 fully saturated rings. The van der Waals surface area contributed by atoms with Crippen LogP contribution < -0.4 is 0 Å². The molecular weight excluding hydrogens is 176 g/mol. The molecule has 1 aromatic heterocycles. The van der Waals surface area contributed by atoms with E-state index in [9.17, 15) is 0 Å². The number of hydrogen-bond acceptors (Lipinski definition) is 3. The Bertz CT molecular complexity index is 368. The van der Waals surface area contributed by atoms with E-state index in [0.717, 1.165) is 12.2 Å². The molecule has 0 amide bonds. The van der Waals surface area contributed by atoms with Gasteiger partial charge in [0.15, 0.2) is 5.82 Å². The van der Waals surface area contributed by atoms with Crippen LogP contribution in [-0.4, -0.2) is 20.6 Å². The molecule has 0 bridgehead atoms. The third kappa shape index (κ3) is 1.96. The Morgan fingerprint density at radius 3 is 2.71 bits per heavy atom. The Morgan fingerprint density at radius 2 is 2.07 bits per heavy atom. The molecule has 0 aliphatic rings. The maximum atomic E-state index is 3.97. The normalized spacial score (nSPS) is 12.6. The molecule has 0 saturated heterocycles. The maximum absolute atomic E-state index is 3.97. The lowest BCUT2D eigenvalue weighted by atomic mass is 10.0. The number of tetrazole rings is 1. The minimum absolute atomic E-state index is 0.302. The summed E-state index contributed by atoms with van der Waals surface area (Å²) in [5.41, 5.74) is 1.30. The van der Waals surface area contributed by atoms with Crippen LogP contribution in [0.4, 0.5) is 0 Å². The molecule has 1 heterocycles. The Labute approximate surface area is 82.4 Å². The van der Waals surface area contributed by atoms with E-state index in [1.807, 2.05) is 18.2 Å². The van der Waals surface area contributed by atoms with Crippen LogP contribution in [-0.2, 0) is 6.42 Å². The second-order valence-corrected chi connectivity index (χ2v) is 3.36. The Morgan fingerprint density at radius 1 is 1.29 bits per heavy atom. The van der Waals surface area contributed by atoms with Crippen LogP contribution in [0, 0.1) is 0 Å². The molecule has 4 nitrogen and oxygen atoms in total. The van der Waals surface area contributed by atoms with Gasteiger partial charge in [0.2, 0.25) is 0 Å². The monoisotopic (exact) mass is 188 g/mol. The molecule has 0 aliphatic carbocycles. The zero-order valence-corrected chi connectivity index (χ0v) is 8.01. The van der Waals surface area contributed by atoms with Crippen molar-refractivity contribution in [1.82, 2.24) is 20.6 Å². The lowest BCUT2D eigenvalue weighted by Crippen LogP contribution is -2.00. The summed E-state index contributed by atoms with van der Waals surface area (Å²) < 4.78 is 0. The zero-order chi connectivity index (χ0) is 9.80. The van der Waals surface area contributed by atoms with Crippen molar-refractivity contribution in [1.29, 1.82) is 0 Å². The van der Waals surface area contributed by atoms with Crippen LogP contribution in [0.15, 0.2) is 30.3 Å². The molecule has 1 unspecified atom stereocenters. The summed E-state index contributed by atoms with van der Waals surface area (Å²) in [5, 5.41) is 13.9. The third-order valence-electron chi connectivity index (χ3n) is 2.19. The van der Waals surface area contributed by atoms with E-state index in [4.69, 9.17) is 0 Å². The number of rotatable bonds is 3. The molecule has 1 atom stereocenters. The van der Waals surface area contributed by atoms with Crippen molar-refractivity contribution < 1.29 is 0 Å². The van der Waals surface area contributed by atoms with Gasteiger partial charge in [0.1, 0.15) is 0 Å². The van der Waals surface area contributed by atoms with Gasteiger partial charge >= 0.3 is 0 Å². The summed E-state index contributed by atoms with van der Waals surface area (Å²) in [7, 11) is 0. The molecule has 72 valence electrons. The number of benzene rings is 1. The fourth-order valence-corrected chi connectivity index (χ4v) is 1.44. The van der Waals surface area contributed by atoms with Crippen molar-refractivity contribution in [3.05, 3.63) is 41.7 Å². The highest BCUT2D eigenvalue weighted by atomic mass is 15.5. The molecule has 14 heavy (non-hydrogen) atoms. The predicted molar refractivity (Wildman–Crippen MR) is 52.7 cm³/mol. The molecule has 1 aromatic carbocycles. The summed E-state index contributed by atoms with van der Waals surface area (Å²) in [4.78, 5) is 0. The van der Waals surface area contributed by atoms with E-state index < -0.39 is 0 Å². The summed E-state index contributed by atoms with van der Waals surface area (Å²) in [6.45, 7) is 2.10. The first-order valence-corrected chi connectivity index (χ1v) is 4.63. The van der Waals surface area contributed by atoms with Crippen LogP contribution in [0.2, 0.25) is 0 Å². The molecule has 0 radical (unpaired) electrons. The van der Waals surface area contributed by atoms with E-state index in [-0.39, 0.29) is 0 Å². The summed E-state index contributed by atoms with van der Waals surface area (Å²) in [6, 6.07) is 10.3. The molecule has 0 spiro atoms. The number of hydrogen-bond donors (Lipinski definition) is 1. The van der Waals surface area contributed by atoms with Crippen LogP contribution in [0.1, 0.15) is 24.2 Å². The largest absolute Gasteiger partial charge is 0.177 e. The van der Waals surface area contributed by atoms with Crippen molar-refractivity contribution in [3.8, 4) is 0 Å². The highest BCUT2D eigenvalue weighted by molar-refractivity contribution is 5.16. The fourth-order valence-electron chi connectivity index (χ4n) is 1.44. The van der Waals surface area contributed by atoms with Crippen molar-refractivity contribution in [3.63, 3.8) is 0 Å². The van der Waals surface area contributed by atoms with Crippen molar-refractivity contribution in [2.24, 2.45) is 0 Å². The van der Waals surface area contributed by atoms with Gasteiger partial charge in [0, 0.05) is 5.92 Å². The number of nitrogens with one attached hydrogen (secondary N) is 1. The predicted octanol–water partition coefficient (Wildman–Crippen LogP) is 1.55. The first-order valence-electron chi connectivity index (χ1n) is 4.63. The van der Waals surface area contributed by atoms with Crippen molar-refractivity contribution in [2.75, 3.05) is 0 Å². The van der Waals surface area contributed by atoms with Gasteiger partial charge in [-0.25, -0.2) is 0 Å². The van der Waals surface area contributed by atoms with E-state index in [2.05, 4.69) is 39.7 Å². The molecule has 1 N–H and O–H groups in total. The standard InChI is InChI=1S/C10H12N4/c1-8(10-11-13-14-12-10)7-9-5-3-2-4-6-9/h2-6,8H,7H2,1H3,(H,11,12,13,14). The van der Waals surface area contributed by atoms with Gasteiger partial charge in [-0.05, 0) is 12.0 Å². The topological polar surface area (TPSA) is 54.5 Å². The van der Waals surface area contributed by atoms with Gasteiger partial charge in [0.25, 0.3) is 0 Å². The molecule has 2 rings (SSSR count). The lowest BCUT2D eigenvalue weighted by molar-refractivity contribution is 0.700. The van der Waals surface area contributed by atoms with Gasteiger partial charge in [-0.2, -0.15) is 5.21 Å². The van der Waals surface area contributed by atoms with Gasteiger partial charge in [-0.15, -0.1) is 10.2 Å². The molecule has 2 aromatic rings. The number of aromatic amines is 1. The minimum Gasteiger partial charge on any atom is -0.177 e. The third-order valence-corrected chi connectivity index (χ3v) is 2.19. The van der Waals surface area contributed by atoms with Gasteiger partial charge in [-0.3, -0.25) is 0 Å². The van der Waals surface area contributed by atoms with Crippen LogP contribution >= 0.6 is 0 Å². The minimum atomic E-state index is 0.302. The fraction of sp³-hybridized carbons (Fsp3) is 0.300. The smallest absolute Gasteiger partial charge is 0.177 e. The van der Waals surface area contributed by atoms with Gasteiger partial charge < -0.3 is 0 Å². The molecule has 0 aliphatic heterocycles. The highest BCUT2D eigenvalue weighted by Gasteiger charge is 2.10. The molecule has 4 heteroatoms. The number of H-pyrrole nitrogens is 1. The van der Waals surface area contributed by atoms with Crippen molar-refractivity contribution in [2.45, 2.75) is 19.3 Å². The first kappa shape index (κ1) is 8.87. The van der Waals surface area contributed by atoms with E-state index >= 15 is 0 Å². The van der Waals surface area contributed by atoms with E-state index in [1.165, 1.54) is 5.56 Å². The quantitative estimate of drug-likeness (QED) is 0.795. The van der Waals surface area contributed by atoms with Crippen LogP contribution in [0.3, 0.4) is 0 Å². The summed E-state index contributed by atoms with van der Waals surface area (Å²) >= 11 is 0. The summed E-state index contributed by atoms with van der Waals surface area (Å²) in [5.74, 6) is 1.07. The average molecular weight is 188 g/mol. The maximum Gasteiger partial charge on any atom is 0.177 e. The Kier molecular flexibility index (Phi) is 2.53. The second-order valence-electron chi connectivity index (χ2n) is 3.36. The molecule has 0 saturated carbocycles. The summed E-state index contributed by atoms with van der Waals surface area (Å²) in [6.07, 6.45) is 0.945. The van der Waals surface area contributed by atoms with Gasteiger partial charge in [-0.1, -0.05) is 42.5 Å². The Hall–Kier alpha value is -1.71. The number of nitrogens with zero attached hydrogens (tertiary/aromatic N) is 3. The van der Waals surface area contributed by atoms with E-state index in [1.54, 1.807) is 0 Å². The number of aromatic nitrogens is 4.